The maximum Gasteiger partial charge on any atom is 0.257 e. The highest BCUT2D eigenvalue weighted by molar-refractivity contribution is 7.89. The van der Waals surface area contributed by atoms with E-state index in [9.17, 15) is 8.42 Å². The second-order valence-electron chi connectivity index (χ2n) is 4.27. The lowest BCUT2D eigenvalue weighted by Crippen LogP contribution is -2.31. The molecule has 1 aromatic rings. The Morgan fingerprint density at radius 3 is 3.06 bits per heavy atom. The van der Waals surface area contributed by atoms with Gasteiger partial charge in [0.2, 0.25) is 0 Å². The fourth-order valence-corrected chi connectivity index (χ4v) is 3.24. The highest BCUT2D eigenvalue weighted by Crippen LogP contribution is 2.09. The van der Waals surface area contributed by atoms with Gasteiger partial charge < -0.3 is 5.32 Å². The molecule has 1 aliphatic rings. The minimum absolute atomic E-state index is 0.205. The summed E-state index contributed by atoms with van der Waals surface area (Å²) in [5.41, 5.74) is 0. The Labute approximate surface area is 101 Å². The van der Waals surface area contributed by atoms with Gasteiger partial charge in [-0.15, -0.1) is 0 Å². The van der Waals surface area contributed by atoms with Gasteiger partial charge in [0.05, 0.1) is 6.20 Å². The summed E-state index contributed by atoms with van der Waals surface area (Å²) in [6, 6.07) is 1.94. The predicted molar refractivity (Wildman–Crippen MR) is 64.0 cm³/mol. The molecule has 1 aromatic heterocycles. The molecule has 1 aliphatic heterocycles. The quantitative estimate of drug-likeness (QED) is 0.769. The van der Waals surface area contributed by atoms with E-state index in [-0.39, 0.29) is 5.03 Å². The molecule has 2 N–H and O–H groups in total. The first-order chi connectivity index (χ1) is 8.09. The maximum atomic E-state index is 11.9. The van der Waals surface area contributed by atoms with Crippen LogP contribution in [0.25, 0.3) is 0 Å². The summed E-state index contributed by atoms with van der Waals surface area (Å²) in [5.74, 6) is 0. The third-order valence-corrected chi connectivity index (χ3v) is 4.53. The molecule has 2 heterocycles. The zero-order valence-electron chi connectivity index (χ0n) is 9.89. The molecule has 0 aliphatic carbocycles. The minimum Gasteiger partial charge on any atom is -0.314 e. The van der Waals surface area contributed by atoms with Crippen molar-refractivity contribution in [2.45, 2.75) is 30.3 Å². The molecular weight excluding hydrogens is 240 g/mol. The van der Waals surface area contributed by atoms with Gasteiger partial charge in [-0.05, 0) is 31.9 Å². The molecule has 2 rings (SSSR count). The van der Waals surface area contributed by atoms with Crippen LogP contribution in [0, 0.1) is 0 Å². The normalized spacial score (nSPS) is 20.9. The first-order valence-corrected chi connectivity index (χ1v) is 7.29. The van der Waals surface area contributed by atoms with Crippen molar-refractivity contribution in [3.05, 3.63) is 12.3 Å². The number of nitrogens with zero attached hydrogens (tertiary/aromatic N) is 2. The second-order valence-corrected chi connectivity index (χ2v) is 5.99. The van der Waals surface area contributed by atoms with Crippen LogP contribution < -0.4 is 10.0 Å². The molecule has 0 aromatic carbocycles. The highest BCUT2D eigenvalue weighted by Gasteiger charge is 2.19. The zero-order chi connectivity index (χ0) is 12.3. The molecule has 1 atom stereocenters. The van der Waals surface area contributed by atoms with Gasteiger partial charge in [-0.3, -0.25) is 4.68 Å². The summed E-state index contributed by atoms with van der Waals surface area (Å²) in [6.07, 6.45) is 4.62. The topological polar surface area (TPSA) is 76.0 Å². The fourth-order valence-electron chi connectivity index (χ4n) is 2.07. The van der Waals surface area contributed by atoms with Gasteiger partial charge in [0.25, 0.3) is 10.0 Å². The van der Waals surface area contributed by atoms with E-state index >= 15 is 0 Å². The molecule has 0 bridgehead atoms. The van der Waals surface area contributed by atoms with E-state index in [4.69, 9.17) is 0 Å². The molecule has 0 radical (unpaired) electrons. The van der Waals surface area contributed by atoms with Crippen LogP contribution in [0.2, 0.25) is 0 Å². The first-order valence-electron chi connectivity index (χ1n) is 5.80. The lowest BCUT2D eigenvalue weighted by molar-refractivity contribution is 0.533. The van der Waals surface area contributed by atoms with Crippen molar-refractivity contribution in [3.63, 3.8) is 0 Å². The SMILES string of the molecule is Cn1nccc1S(=O)(=O)NCC[C@H]1CCCN1. The van der Waals surface area contributed by atoms with E-state index in [0.29, 0.717) is 12.6 Å². The van der Waals surface area contributed by atoms with E-state index < -0.39 is 10.0 Å². The maximum absolute atomic E-state index is 11.9. The van der Waals surface area contributed by atoms with Crippen molar-refractivity contribution < 1.29 is 8.42 Å². The lowest BCUT2D eigenvalue weighted by atomic mass is 10.2. The Hall–Kier alpha value is -0.920. The molecule has 6 nitrogen and oxygen atoms in total. The summed E-state index contributed by atoms with van der Waals surface area (Å²) in [5, 5.41) is 7.40. The number of aromatic nitrogens is 2. The number of rotatable bonds is 5. The van der Waals surface area contributed by atoms with E-state index in [0.717, 1.165) is 19.4 Å². The predicted octanol–water partition coefficient (Wildman–Crippen LogP) is -0.159. The summed E-state index contributed by atoms with van der Waals surface area (Å²) < 4.78 is 27.7. The highest BCUT2D eigenvalue weighted by atomic mass is 32.2. The van der Waals surface area contributed by atoms with Crippen LogP contribution in [-0.4, -0.2) is 37.3 Å². The van der Waals surface area contributed by atoms with Crippen molar-refractivity contribution in [3.8, 4) is 0 Å². The number of aryl methyl sites for hydroxylation is 1. The van der Waals surface area contributed by atoms with Gasteiger partial charge >= 0.3 is 0 Å². The van der Waals surface area contributed by atoms with E-state index in [1.165, 1.54) is 23.4 Å². The van der Waals surface area contributed by atoms with Gasteiger partial charge in [0, 0.05) is 19.6 Å². The van der Waals surface area contributed by atoms with Crippen molar-refractivity contribution in [2.75, 3.05) is 13.1 Å². The van der Waals surface area contributed by atoms with Crippen LogP contribution >= 0.6 is 0 Å². The molecule has 0 spiro atoms. The summed E-state index contributed by atoms with van der Waals surface area (Å²) in [4.78, 5) is 0. The van der Waals surface area contributed by atoms with Crippen LogP contribution in [0.5, 0.6) is 0 Å². The van der Waals surface area contributed by atoms with Gasteiger partial charge in [-0.1, -0.05) is 0 Å². The van der Waals surface area contributed by atoms with Crippen LogP contribution in [-0.2, 0) is 17.1 Å². The number of hydrogen-bond donors (Lipinski definition) is 2. The molecule has 0 saturated carbocycles. The van der Waals surface area contributed by atoms with Crippen LogP contribution in [0.1, 0.15) is 19.3 Å². The standard InChI is InChI=1S/C10H18N4O2S/c1-14-10(5-7-12-14)17(15,16)13-8-4-9-3-2-6-11-9/h5,7,9,11,13H,2-4,6,8H2,1H3/t9-/m1/s1. The second kappa shape index (κ2) is 5.16. The summed E-state index contributed by atoms with van der Waals surface area (Å²) in [7, 11) is -1.80. The molecule has 7 heteroatoms. The molecular formula is C10H18N4O2S. The van der Waals surface area contributed by atoms with Crippen molar-refractivity contribution in [1.82, 2.24) is 19.8 Å². The van der Waals surface area contributed by atoms with Crippen LogP contribution in [0.15, 0.2) is 17.3 Å². The van der Waals surface area contributed by atoms with E-state index in [1.54, 1.807) is 7.05 Å². The smallest absolute Gasteiger partial charge is 0.257 e. The zero-order valence-corrected chi connectivity index (χ0v) is 10.7. The Bertz CT molecular complexity index is 462. The average molecular weight is 258 g/mol. The molecule has 0 unspecified atom stereocenters. The van der Waals surface area contributed by atoms with Gasteiger partial charge in [-0.25, -0.2) is 13.1 Å². The Morgan fingerprint density at radius 2 is 2.47 bits per heavy atom. The fraction of sp³-hybridized carbons (Fsp3) is 0.700. The van der Waals surface area contributed by atoms with Gasteiger partial charge in [-0.2, -0.15) is 5.10 Å². The van der Waals surface area contributed by atoms with Crippen molar-refractivity contribution in [2.24, 2.45) is 7.05 Å². The monoisotopic (exact) mass is 258 g/mol. The number of sulfonamides is 1. The van der Waals surface area contributed by atoms with Gasteiger partial charge in [0.1, 0.15) is 0 Å². The lowest BCUT2D eigenvalue weighted by Gasteiger charge is -2.11. The van der Waals surface area contributed by atoms with E-state index in [1.807, 2.05) is 0 Å². The number of hydrogen-bond acceptors (Lipinski definition) is 4. The molecule has 1 saturated heterocycles. The molecule has 1 fully saturated rings. The molecule has 0 amide bonds. The Morgan fingerprint density at radius 1 is 1.65 bits per heavy atom. The molecule has 96 valence electrons. The third kappa shape index (κ3) is 3.05. The van der Waals surface area contributed by atoms with Crippen LogP contribution in [0.4, 0.5) is 0 Å². The summed E-state index contributed by atoms with van der Waals surface area (Å²) in [6.45, 7) is 1.50. The van der Waals surface area contributed by atoms with Gasteiger partial charge in [0.15, 0.2) is 5.03 Å². The average Bonchev–Trinajstić information content (AvgIpc) is 2.88. The van der Waals surface area contributed by atoms with Crippen molar-refractivity contribution in [1.29, 1.82) is 0 Å². The van der Waals surface area contributed by atoms with Crippen LogP contribution in [0.3, 0.4) is 0 Å². The third-order valence-electron chi connectivity index (χ3n) is 3.00. The summed E-state index contributed by atoms with van der Waals surface area (Å²) >= 11 is 0. The minimum atomic E-state index is -3.42. The largest absolute Gasteiger partial charge is 0.314 e. The van der Waals surface area contributed by atoms with Crippen molar-refractivity contribution >= 4 is 10.0 Å². The molecule has 17 heavy (non-hydrogen) atoms. The van der Waals surface area contributed by atoms with E-state index in [2.05, 4.69) is 15.1 Å². The Kier molecular flexibility index (Phi) is 3.80. The first kappa shape index (κ1) is 12.5. The number of nitrogens with one attached hydrogen (secondary N) is 2. The Balaban J connectivity index is 1.87.